The summed E-state index contributed by atoms with van der Waals surface area (Å²) in [4.78, 5) is 11.0. The molecule has 7 heteroatoms. The minimum atomic E-state index is -2.19. The predicted octanol–water partition coefficient (Wildman–Crippen LogP) is 4.52. The van der Waals surface area contributed by atoms with Gasteiger partial charge in [-0.2, -0.15) is 0 Å². The number of halogens is 5. The first-order valence-electron chi connectivity index (χ1n) is 6.92. The van der Waals surface area contributed by atoms with Crippen LogP contribution in [0.25, 0.3) is 0 Å². The Morgan fingerprint density at radius 1 is 0.875 bits per heavy atom. The molecule has 0 aliphatic carbocycles. The Morgan fingerprint density at radius 2 is 1.29 bits per heavy atom. The third-order valence-electron chi connectivity index (χ3n) is 3.45. The molecule has 0 unspecified atom stereocenters. The van der Waals surface area contributed by atoms with E-state index in [0.717, 1.165) is 0 Å². The fraction of sp³-hybridized carbons (Fsp3) is 0.235. The molecule has 0 radical (unpaired) electrons. The average Bonchev–Trinajstić information content (AvgIpc) is 2.51. The zero-order chi connectivity index (χ0) is 18.2. The Morgan fingerprint density at radius 3 is 1.71 bits per heavy atom. The molecule has 0 spiro atoms. The number of carbonyl (C=O) groups excluding carboxylic acids is 1. The van der Waals surface area contributed by atoms with E-state index in [1.165, 1.54) is 19.1 Å². The van der Waals surface area contributed by atoms with Gasteiger partial charge in [-0.3, -0.25) is 4.79 Å². The zero-order valence-corrected chi connectivity index (χ0v) is 13.1. The highest BCUT2D eigenvalue weighted by molar-refractivity contribution is 5.70. The lowest BCUT2D eigenvalue weighted by Gasteiger charge is -2.13. The minimum Gasteiger partial charge on any atom is -0.426 e. The van der Waals surface area contributed by atoms with Gasteiger partial charge in [0, 0.05) is 18.9 Å². The second kappa shape index (κ2) is 6.59. The molecule has 0 amide bonds. The minimum absolute atomic E-state index is 0.295. The van der Waals surface area contributed by atoms with Crippen molar-refractivity contribution in [3.05, 3.63) is 63.5 Å². The van der Waals surface area contributed by atoms with Crippen molar-refractivity contribution in [2.75, 3.05) is 0 Å². The highest BCUT2D eigenvalue weighted by Crippen LogP contribution is 2.29. The van der Waals surface area contributed by atoms with Gasteiger partial charge >= 0.3 is 5.97 Å². The van der Waals surface area contributed by atoms with E-state index in [-0.39, 0.29) is 0 Å². The molecule has 0 aliphatic heterocycles. The molecule has 0 fully saturated rings. The van der Waals surface area contributed by atoms with Gasteiger partial charge in [-0.1, -0.05) is 12.1 Å². The summed E-state index contributed by atoms with van der Waals surface area (Å²) in [5.74, 6) is -10.1. The zero-order valence-electron chi connectivity index (χ0n) is 13.1. The standard InChI is InChI=1S/C17H13F5O2/c1-7-4-10(5-8(2)17(7)24-9(3)23)6-11-12(18)14(20)16(22)15(21)13(11)19/h4-5H,6H2,1-3H3. The van der Waals surface area contributed by atoms with Crippen LogP contribution in [0, 0.1) is 42.9 Å². The highest BCUT2D eigenvalue weighted by Gasteiger charge is 2.25. The van der Waals surface area contributed by atoms with Crippen molar-refractivity contribution < 1.29 is 31.5 Å². The average molecular weight is 344 g/mol. The summed E-state index contributed by atoms with van der Waals surface area (Å²) in [6.07, 6.45) is -0.492. The number of rotatable bonds is 3. The van der Waals surface area contributed by atoms with Crippen molar-refractivity contribution in [1.82, 2.24) is 0 Å². The molecule has 0 heterocycles. The lowest BCUT2D eigenvalue weighted by molar-refractivity contribution is -0.131. The fourth-order valence-corrected chi connectivity index (χ4v) is 2.46. The highest BCUT2D eigenvalue weighted by atomic mass is 19.2. The molecule has 0 aromatic heterocycles. The van der Waals surface area contributed by atoms with Crippen molar-refractivity contribution in [1.29, 1.82) is 0 Å². The summed E-state index contributed by atoms with van der Waals surface area (Å²) in [5, 5.41) is 0. The normalized spacial score (nSPS) is 10.8. The Hall–Kier alpha value is -2.44. The van der Waals surface area contributed by atoms with Crippen LogP contribution < -0.4 is 4.74 Å². The van der Waals surface area contributed by atoms with E-state index in [1.54, 1.807) is 13.8 Å². The van der Waals surface area contributed by atoms with E-state index >= 15 is 0 Å². The Balaban J connectivity index is 2.48. The molecular formula is C17H13F5O2. The van der Waals surface area contributed by atoms with Gasteiger partial charge in [0.25, 0.3) is 0 Å². The number of ether oxygens (including phenoxy) is 1. The first-order chi connectivity index (χ1) is 11.1. The fourth-order valence-electron chi connectivity index (χ4n) is 2.46. The Bertz CT molecular complexity index is 778. The first kappa shape index (κ1) is 17.9. The van der Waals surface area contributed by atoms with Gasteiger partial charge in [0.05, 0.1) is 0 Å². The molecule has 2 nitrogen and oxygen atoms in total. The second-order valence-corrected chi connectivity index (χ2v) is 5.38. The molecular weight excluding hydrogens is 331 g/mol. The van der Waals surface area contributed by atoms with E-state index < -0.39 is 47.0 Å². The number of benzene rings is 2. The molecule has 2 rings (SSSR count). The van der Waals surface area contributed by atoms with Gasteiger partial charge in [0.2, 0.25) is 5.82 Å². The molecule has 2 aromatic rings. The summed E-state index contributed by atoms with van der Waals surface area (Å²) in [7, 11) is 0. The van der Waals surface area contributed by atoms with Crippen molar-refractivity contribution in [3.63, 3.8) is 0 Å². The van der Waals surface area contributed by atoms with Crippen LogP contribution in [0.15, 0.2) is 12.1 Å². The topological polar surface area (TPSA) is 26.3 Å². The van der Waals surface area contributed by atoms with Crippen molar-refractivity contribution in [2.24, 2.45) is 0 Å². The van der Waals surface area contributed by atoms with E-state index in [0.29, 0.717) is 22.4 Å². The molecule has 24 heavy (non-hydrogen) atoms. The van der Waals surface area contributed by atoms with Gasteiger partial charge in [-0.25, -0.2) is 22.0 Å². The van der Waals surface area contributed by atoms with Gasteiger partial charge < -0.3 is 4.74 Å². The van der Waals surface area contributed by atoms with Crippen LogP contribution >= 0.6 is 0 Å². The number of esters is 1. The second-order valence-electron chi connectivity index (χ2n) is 5.38. The van der Waals surface area contributed by atoms with Crippen LogP contribution in [0.4, 0.5) is 22.0 Å². The van der Waals surface area contributed by atoms with Gasteiger partial charge in [-0.15, -0.1) is 0 Å². The molecule has 0 aliphatic rings. The summed E-state index contributed by atoms with van der Waals surface area (Å²) in [5.41, 5.74) is 0.419. The maximum Gasteiger partial charge on any atom is 0.308 e. The third kappa shape index (κ3) is 3.25. The Kier molecular flexibility index (Phi) is 4.91. The summed E-state index contributed by atoms with van der Waals surface area (Å²) in [6.45, 7) is 4.43. The van der Waals surface area contributed by atoms with Gasteiger partial charge in [0.15, 0.2) is 23.3 Å². The molecule has 0 bridgehead atoms. The molecule has 2 aromatic carbocycles. The number of hydrogen-bond acceptors (Lipinski definition) is 2. The lowest BCUT2D eigenvalue weighted by Crippen LogP contribution is -2.09. The van der Waals surface area contributed by atoms with E-state index in [9.17, 15) is 26.7 Å². The van der Waals surface area contributed by atoms with Crippen molar-refractivity contribution >= 4 is 5.97 Å². The van der Waals surface area contributed by atoms with E-state index in [4.69, 9.17) is 4.74 Å². The SMILES string of the molecule is CC(=O)Oc1c(C)cc(Cc2c(F)c(F)c(F)c(F)c2F)cc1C. The molecule has 0 N–H and O–H groups in total. The van der Waals surface area contributed by atoms with E-state index in [2.05, 4.69) is 0 Å². The van der Waals surface area contributed by atoms with Crippen molar-refractivity contribution in [2.45, 2.75) is 27.2 Å². The smallest absolute Gasteiger partial charge is 0.308 e. The Labute approximate surface area is 134 Å². The van der Waals surface area contributed by atoms with Gasteiger partial charge in [0.1, 0.15) is 5.75 Å². The maximum atomic E-state index is 13.8. The van der Waals surface area contributed by atoms with Gasteiger partial charge in [-0.05, 0) is 30.5 Å². The van der Waals surface area contributed by atoms with E-state index in [1.807, 2.05) is 0 Å². The number of hydrogen-bond donors (Lipinski definition) is 0. The molecule has 128 valence electrons. The van der Waals surface area contributed by atoms with Crippen LogP contribution in [0.5, 0.6) is 5.75 Å². The lowest BCUT2D eigenvalue weighted by atomic mass is 9.98. The van der Waals surface area contributed by atoms with Crippen LogP contribution in [0.2, 0.25) is 0 Å². The quantitative estimate of drug-likeness (QED) is 0.269. The first-order valence-corrected chi connectivity index (χ1v) is 6.92. The summed E-state index contributed by atoms with van der Waals surface area (Å²) < 4.78 is 72.1. The molecule has 0 saturated carbocycles. The predicted molar refractivity (Wildman–Crippen MR) is 76.3 cm³/mol. The third-order valence-corrected chi connectivity index (χ3v) is 3.45. The number of carbonyl (C=O) groups is 1. The van der Waals surface area contributed by atoms with Crippen LogP contribution in [0.1, 0.15) is 29.2 Å². The summed E-state index contributed by atoms with van der Waals surface area (Å²) >= 11 is 0. The maximum absolute atomic E-state index is 13.8. The largest absolute Gasteiger partial charge is 0.426 e. The van der Waals surface area contributed by atoms with Crippen LogP contribution in [-0.2, 0) is 11.2 Å². The van der Waals surface area contributed by atoms with Crippen molar-refractivity contribution in [3.8, 4) is 5.75 Å². The summed E-state index contributed by atoms with van der Waals surface area (Å²) in [6, 6.07) is 2.92. The van der Waals surface area contributed by atoms with Crippen LogP contribution in [0.3, 0.4) is 0 Å². The molecule has 0 saturated heterocycles. The van der Waals surface area contributed by atoms with Crippen LogP contribution in [-0.4, -0.2) is 5.97 Å². The molecule has 0 atom stereocenters. The monoisotopic (exact) mass is 344 g/mol. The number of aryl methyl sites for hydroxylation is 2.